The molecule has 2 N–H and O–H groups in total. The van der Waals surface area contributed by atoms with Crippen LogP contribution in [0.25, 0.3) is 0 Å². The van der Waals surface area contributed by atoms with E-state index in [-0.39, 0.29) is 25.6 Å². The first-order valence-electron chi connectivity index (χ1n) is 7.47. The van der Waals surface area contributed by atoms with Crippen LogP contribution in [0.2, 0.25) is 0 Å². The summed E-state index contributed by atoms with van der Waals surface area (Å²) in [5, 5.41) is 12.4. The fourth-order valence-corrected chi connectivity index (χ4v) is 2.67. The predicted molar refractivity (Wildman–Crippen MR) is 86.5 cm³/mol. The molecule has 0 bridgehead atoms. The third-order valence-electron chi connectivity index (χ3n) is 3.78. The Balaban J connectivity index is 0.00000220. The molecule has 5 heteroatoms. The molecule has 0 spiro atoms. The van der Waals surface area contributed by atoms with E-state index in [2.05, 4.69) is 5.32 Å². The maximum atomic E-state index is 8.80. The summed E-state index contributed by atoms with van der Waals surface area (Å²) in [5.74, 6) is 1.41. The molecule has 1 fully saturated rings. The van der Waals surface area contributed by atoms with Crippen molar-refractivity contribution in [2.75, 3.05) is 20.3 Å². The summed E-state index contributed by atoms with van der Waals surface area (Å²) < 4.78 is 10.8. The molecule has 120 valence electrons. The van der Waals surface area contributed by atoms with Crippen molar-refractivity contribution in [1.29, 1.82) is 0 Å². The largest absolute Gasteiger partial charge is 0.493 e. The van der Waals surface area contributed by atoms with Crippen LogP contribution < -0.4 is 14.8 Å². The maximum Gasteiger partial charge on any atom is 0.161 e. The van der Waals surface area contributed by atoms with E-state index in [4.69, 9.17) is 14.6 Å². The first-order chi connectivity index (χ1) is 9.83. The third kappa shape index (κ3) is 5.73. The number of aliphatic hydroxyl groups excluding tert-OH is 1. The van der Waals surface area contributed by atoms with Gasteiger partial charge in [0.15, 0.2) is 11.5 Å². The minimum Gasteiger partial charge on any atom is -0.493 e. The van der Waals surface area contributed by atoms with Crippen molar-refractivity contribution >= 4 is 12.4 Å². The van der Waals surface area contributed by atoms with Gasteiger partial charge in [0.1, 0.15) is 6.61 Å². The van der Waals surface area contributed by atoms with E-state index in [9.17, 15) is 0 Å². The van der Waals surface area contributed by atoms with Gasteiger partial charge in [0.2, 0.25) is 0 Å². The summed E-state index contributed by atoms with van der Waals surface area (Å²) in [4.78, 5) is 0. The number of rotatable bonds is 7. The summed E-state index contributed by atoms with van der Waals surface area (Å²) in [6.07, 6.45) is 6.64. The lowest BCUT2D eigenvalue weighted by molar-refractivity contribution is 0.196. The zero-order valence-corrected chi connectivity index (χ0v) is 13.5. The van der Waals surface area contributed by atoms with Gasteiger partial charge in [0.25, 0.3) is 0 Å². The molecule has 0 aliphatic heterocycles. The SMILES string of the molecule is COc1cc(CNC2CCCCC2)ccc1OCCO.Cl. The maximum absolute atomic E-state index is 8.80. The fourth-order valence-electron chi connectivity index (χ4n) is 2.67. The second-order valence-corrected chi connectivity index (χ2v) is 5.27. The molecule has 4 nitrogen and oxygen atoms in total. The third-order valence-corrected chi connectivity index (χ3v) is 3.78. The van der Waals surface area contributed by atoms with Crippen molar-refractivity contribution in [2.24, 2.45) is 0 Å². The molecule has 1 aliphatic carbocycles. The number of ether oxygens (including phenoxy) is 2. The molecule has 0 aromatic heterocycles. The van der Waals surface area contributed by atoms with Gasteiger partial charge in [-0.2, -0.15) is 0 Å². The molecular formula is C16H26ClNO3. The highest BCUT2D eigenvalue weighted by molar-refractivity contribution is 5.85. The molecule has 1 aromatic rings. The number of benzene rings is 1. The van der Waals surface area contributed by atoms with E-state index in [1.807, 2.05) is 18.2 Å². The second-order valence-electron chi connectivity index (χ2n) is 5.27. The molecular weight excluding hydrogens is 290 g/mol. The zero-order valence-electron chi connectivity index (χ0n) is 12.6. The number of halogens is 1. The van der Waals surface area contributed by atoms with Crippen LogP contribution >= 0.6 is 12.4 Å². The minimum atomic E-state index is 0. The fraction of sp³-hybridized carbons (Fsp3) is 0.625. The highest BCUT2D eigenvalue weighted by Crippen LogP contribution is 2.28. The molecule has 0 heterocycles. The lowest BCUT2D eigenvalue weighted by atomic mass is 9.95. The van der Waals surface area contributed by atoms with Crippen LogP contribution in [0.4, 0.5) is 0 Å². The molecule has 1 saturated carbocycles. The normalized spacial score (nSPS) is 15.3. The minimum absolute atomic E-state index is 0. The first-order valence-corrected chi connectivity index (χ1v) is 7.47. The molecule has 21 heavy (non-hydrogen) atoms. The van der Waals surface area contributed by atoms with Gasteiger partial charge in [0.05, 0.1) is 13.7 Å². The summed E-state index contributed by atoms with van der Waals surface area (Å²) in [6.45, 7) is 1.16. The van der Waals surface area contributed by atoms with E-state index in [1.165, 1.54) is 37.7 Å². The summed E-state index contributed by atoms with van der Waals surface area (Å²) >= 11 is 0. The molecule has 0 saturated heterocycles. The van der Waals surface area contributed by atoms with Crippen LogP contribution in [0.5, 0.6) is 11.5 Å². The molecule has 0 radical (unpaired) electrons. The van der Waals surface area contributed by atoms with Crippen LogP contribution in [-0.4, -0.2) is 31.5 Å². The lowest BCUT2D eigenvalue weighted by Crippen LogP contribution is -2.30. The molecule has 0 atom stereocenters. The molecule has 0 unspecified atom stereocenters. The van der Waals surface area contributed by atoms with Crippen molar-refractivity contribution < 1.29 is 14.6 Å². The zero-order chi connectivity index (χ0) is 14.2. The van der Waals surface area contributed by atoms with Crippen molar-refractivity contribution in [2.45, 2.75) is 44.7 Å². The summed E-state index contributed by atoms with van der Waals surface area (Å²) in [5.41, 5.74) is 1.20. The molecule has 0 amide bonds. The number of hydrogen-bond acceptors (Lipinski definition) is 4. The standard InChI is InChI=1S/C16H25NO3.ClH/c1-19-16-11-13(7-8-15(16)20-10-9-18)12-17-14-5-3-2-4-6-14;/h7-8,11,14,17-18H,2-6,9-10,12H2,1H3;1H. The van der Waals surface area contributed by atoms with Crippen LogP contribution in [0, 0.1) is 0 Å². The smallest absolute Gasteiger partial charge is 0.161 e. The van der Waals surface area contributed by atoms with Crippen LogP contribution in [0.1, 0.15) is 37.7 Å². The average molecular weight is 316 g/mol. The van der Waals surface area contributed by atoms with Gasteiger partial charge in [-0.05, 0) is 30.5 Å². The van der Waals surface area contributed by atoms with Gasteiger partial charge >= 0.3 is 0 Å². The van der Waals surface area contributed by atoms with Crippen LogP contribution in [-0.2, 0) is 6.54 Å². The summed E-state index contributed by atoms with van der Waals surface area (Å²) in [7, 11) is 1.64. The number of methoxy groups -OCH3 is 1. The average Bonchev–Trinajstić information content (AvgIpc) is 2.52. The Labute approximate surface area is 133 Å². The van der Waals surface area contributed by atoms with Gasteiger partial charge in [-0.1, -0.05) is 25.3 Å². The van der Waals surface area contributed by atoms with Crippen LogP contribution in [0.15, 0.2) is 18.2 Å². The van der Waals surface area contributed by atoms with Crippen molar-refractivity contribution in [3.63, 3.8) is 0 Å². The van der Waals surface area contributed by atoms with Crippen LogP contribution in [0.3, 0.4) is 0 Å². The van der Waals surface area contributed by atoms with Crippen molar-refractivity contribution in [3.8, 4) is 11.5 Å². The quantitative estimate of drug-likeness (QED) is 0.812. The Morgan fingerprint density at radius 2 is 1.95 bits per heavy atom. The predicted octanol–water partition coefficient (Wildman–Crippen LogP) is 2.91. The van der Waals surface area contributed by atoms with E-state index in [0.717, 1.165) is 12.3 Å². The number of nitrogens with one attached hydrogen (secondary N) is 1. The Hall–Kier alpha value is -0.970. The lowest BCUT2D eigenvalue weighted by Gasteiger charge is -2.23. The van der Waals surface area contributed by atoms with Crippen molar-refractivity contribution in [3.05, 3.63) is 23.8 Å². The second kappa shape index (κ2) is 9.87. The monoisotopic (exact) mass is 315 g/mol. The Morgan fingerprint density at radius 3 is 2.62 bits per heavy atom. The van der Waals surface area contributed by atoms with Gasteiger partial charge in [-0.3, -0.25) is 0 Å². The first kappa shape index (κ1) is 18.1. The number of hydrogen-bond donors (Lipinski definition) is 2. The van der Waals surface area contributed by atoms with Gasteiger partial charge < -0.3 is 19.9 Å². The highest BCUT2D eigenvalue weighted by atomic mass is 35.5. The summed E-state index contributed by atoms with van der Waals surface area (Å²) in [6, 6.07) is 6.61. The van der Waals surface area contributed by atoms with Gasteiger partial charge in [-0.25, -0.2) is 0 Å². The van der Waals surface area contributed by atoms with Crippen molar-refractivity contribution in [1.82, 2.24) is 5.32 Å². The molecule has 1 aromatic carbocycles. The highest BCUT2D eigenvalue weighted by Gasteiger charge is 2.13. The van der Waals surface area contributed by atoms with Gasteiger partial charge in [-0.15, -0.1) is 12.4 Å². The topological polar surface area (TPSA) is 50.7 Å². The van der Waals surface area contributed by atoms with E-state index in [0.29, 0.717) is 11.8 Å². The molecule has 2 rings (SSSR count). The molecule has 1 aliphatic rings. The Kier molecular flexibility index (Phi) is 8.50. The van der Waals surface area contributed by atoms with Gasteiger partial charge in [0, 0.05) is 12.6 Å². The van der Waals surface area contributed by atoms with E-state index in [1.54, 1.807) is 7.11 Å². The number of aliphatic hydroxyl groups is 1. The van der Waals surface area contributed by atoms with E-state index < -0.39 is 0 Å². The Morgan fingerprint density at radius 1 is 1.19 bits per heavy atom. The van der Waals surface area contributed by atoms with E-state index >= 15 is 0 Å². The Bertz CT molecular complexity index is 409.